The van der Waals surface area contributed by atoms with Crippen LogP contribution in [0.25, 0.3) is 0 Å². The number of nitrogens with zero attached hydrogens (tertiary/aromatic N) is 1. The average molecular weight is 234 g/mol. The first-order chi connectivity index (χ1) is 7.32. The fourth-order valence-electron chi connectivity index (χ4n) is 0.928. The van der Waals surface area contributed by atoms with E-state index in [2.05, 4.69) is 9.72 Å². The van der Waals surface area contributed by atoms with Gasteiger partial charge in [-0.2, -0.15) is 13.2 Å². The molecule has 1 aromatic rings. The summed E-state index contributed by atoms with van der Waals surface area (Å²) in [4.78, 5) is 14.4. The Bertz CT molecular complexity index is 393. The predicted octanol–water partition coefficient (Wildman–Crippen LogP) is 1.51. The zero-order valence-electron chi connectivity index (χ0n) is 8.28. The predicted molar refractivity (Wildman–Crippen MR) is 48.9 cm³/mol. The molecule has 16 heavy (non-hydrogen) atoms. The number of rotatable bonds is 3. The van der Waals surface area contributed by atoms with Crippen molar-refractivity contribution in [2.45, 2.75) is 19.2 Å². The van der Waals surface area contributed by atoms with Crippen molar-refractivity contribution in [2.24, 2.45) is 5.73 Å². The van der Waals surface area contributed by atoms with Crippen molar-refractivity contribution in [2.75, 3.05) is 0 Å². The summed E-state index contributed by atoms with van der Waals surface area (Å²) in [6, 6.07) is 2.56. The Morgan fingerprint density at radius 3 is 2.69 bits per heavy atom. The number of primary amides is 1. The van der Waals surface area contributed by atoms with E-state index in [1.807, 2.05) is 0 Å². The summed E-state index contributed by atoms with van der Waals surface area (Å²) in [7, 11) is 0. The molecule has 0 fully saturated rings. The maximum atomic E-state index is 12.2. The van der Waals surface area contributed by atoms with E-state index in [4.69, 9.17) is 5.73 Å². The summed E-state index contributed by atoms with van der Waals surface area (Å²) < 4.78 is 41.2. The molecule has 0 radical (unpaired) electrons. The molecule has 1 rings (SSSR count). The zero-order valence-corrected chi connectivity index (χ0v) is 8.28. The fourth-order valence-corrected chi connectivity index (χ4v) is 0.928. The summed E-state index contributed by atoms with van der Waals surface area (Å²) in [5, 5.41) is 0. The lowest BCUT2D eigenvalue weighted by Gasteiger charge is -2.18. The molecular formula is C9H9F3N2O2. The number of carbonyl (C=O) groups excluding carboxylic acids is 1. The first kappa shape index (κ1) is 12.3. The minimum atomic E-state index is -4.51. The quantitative estimate of drug-likeness (QED) is 0.862. The van der Waals surface area contributed by atoms with Crippen LogP contribution in [0.5, 0.6) is 5.75 Å². The number of carbonyl (C=O) groups is 1. The highest BCUT2D eigenvalue weighted by atomic mass is 19.4. The van der Waals surface area contributed by atoms with Gasteiger partial charge in [0.05, 0.1) is 0 Å². The first-order valence-corrected chi connectivity index (χ1v) is 4.30. The van der Waals surface area contributed by atoms with Crippen LogP contribution in [0.2, 0.25) is 0 Å². The second kappa shape index (κ2) is 4.38. The van der Waals surface area contributed by atoms with Gasteiger partial charge in [0.1, 0.15) is 0 Å². The summed E-state index contributed by atoms with van der Waals surface area (Å²) in [6.07, 6.45) is -5.30. The van der Waals surface area contributed by atoms with Gasteiger partial charge in [0.25, 0.3) is 5.91 Å². The second-order valence-electron chi connectivity index (χ2n) is 3.02. The number of aromatic nitrogens is 1. The number of ether oxygens (including phenoxy) is 1. The van der Waals surface area contributed by atoms with E-state index in [0.29, 0.717) is 0 Å². The molecule has 1 heterocycles. The summed E-state index contributed by atoms with van der Waals surface area (Å²) >= 11 is 0. The van der Waals surface area contributed by atoms with Crippen LogP contribution in [0.4, 0.5) is 13.2 Å². The minimum Gasteiger partial charge on any atom is -0.479 e. The average Bonchev–Trinajstić information content (AvgIpc) is 2.16. The first-order valence-electron chi connectivity index (χ1n) is 4.30. The molecular weight excluding hydrogens is 225 g/mol. The third kappa shape index (κ3) is 2.85. The van der Waals surface area contributed by atoms with E-state index in [1.54, 1.807) is 0 Å². The van der Waals surface area contributed by atoms with E-state index < -0.39 is 18.2 Å². The topological polar surface area (TPSA) is 65.2 Å². The maximum Gasteiger partial charge on any atom is 0.425 e. The van der Waals surface area contributed by atoms with Crippen molar-refractivity contribution in [3.05, 3.63) is 24.0 Å². The molecule has 0 aromatic carbocycles. The minimum absolute atomic E-state index is 0.278. The van der Waals surface area contributed by atoms with Gasteiger partial charge in [-0.15, -0.1) is 0 Å². The molecule has 0 saturated heterocycles. The van der Waals surface area contributed by atoms with Crippen molar-refractivity contribution >= 4 is 5.91 Å². The summed E-state index contributed by atoms with van der Waals surface area (Å²) in [5.41, 5.74) is 4.62. The fraction of sp³-hybridized carbons (Fsp3) is 0.333. The van der Waals surface area contributed by atoms with E-state index in [1.165, 1.54) is 18.3 Å². The largest absolute Gasteiger partial charge is 0.479 e. The standard InChI is InChI=1S/C9H9F3N2O2/c1-5(9(10,11)12)16-6-3-2-4-14-7(6)8(13)15/h2-5H,1H3,(H2,13,15)/t5-/m0/s1. The lowest BCUT2D eigenvalue weighted by atomic mass is 10.3. The molecule has 0 aliphatic heterocycles. The number of halogens is 3. The van der Waals surface area contributed by atoms with Crippen molar-refractivity contribution in [3.63, 3.8) is 0 Å². The molecule has 88 valence electrons. The number of pyridine rings is 1. The van der Waals surface area contributed by atoms with Crippen LogP contribution >= 0.6 is 0 Å². The highest BCUT2D eigenvalue weighted by Crippen LogP contribution is 2.25. The molecule has 0 aliphatic carbocycles. The molecule has 0 spiro atoms. The van der Waals surface area contributed by atoms with Gasteiger partial charge in [-0.05, 0) is 19.1 Å². The van der Waals surface area contributed by atoms with Crippen LogP contribution in [0.15, 0.2) is 18.3 Å². The van der Waals surface area contributed by atoms with Gasteiger partial charge < -0.3 is 10.5 Å². The van der Waals surface area contributed by atoms with Crippen molar-refractivity contribution < 1.29 is 22.7 Å². The van der Waals surface area contributed by atoms with Crippen molar-refractivity contribution in [1.29, 1.82) is 0 Å². The molecule has 0 unspecified atom stereocenters. The van der Waals surface area contributed by atoms with Gasteiger partial charge in [-0.25, -0.2) is 4.98 Å². The molecule has 1 aromatic heterocycles. The van der Waals surface area contributed by atoms with Crippen molar-refractivity contribution in [1.82, 2.24) is 4.98 Å². The number of nitrogens with two attached hydrogens (primary N) is 1. The van der Waals surface area contributed by atoms with E-state index in [0.717, 1.165) is 6.92 Å². The molecule has 1 amide bonds. The van der Waals surface area contributed by atoms with Crippen LogP contribution < -0.4 is 10.5 Å². The third-order valence-corrected chi connectivity index (χ3v) is 1.77. The van der Waals surface area contributed by atoms with Crippen LogP contribution in [0, 0.1) is 0 Å². The van der Waals surface area contributed by atoms with Gasteiger partial charge in [0.15, 0.2) is 17.5 Å². The van der Waals surface area contributed by atoms with E-state index >= 15 is 0 Å². The third-order valence-electron chi connectivity index (χ3n) is 1.77. The zero-order chi connectivity index (χ0) is 12.3. The monoisotopic (exact) mass is 234 g/mol. The lowest BCUT2D eigenvalue weighted by Crippen LogP contribution is -2.32. The van der Waals surface area contributed by atoms with Gasteiger partial charge in [0.2, 0.25) is 0 Å². The highest BCUT2D eigenvalue weighted by molar-refractivity contribution is 5.93. The van der Waals surface area contributed by atoms with Gasteiger partial charge in [0, 0.05) is 6.20 Å². The Hall–Kier alpha value is -1.79. The SMILES string of the molecule is C[C@H](Oc1cccnc1C(N)=O)C(F)(F)F. The number of amides is 1. The van der Waals surface area contributed by atoms with Gasteiger partial charge in [-0.3, -0.25) is 4.79 Å². The van der Waals surface area contributed by atoms with E-state index in [9.17, 15) is 18.0 Å². The maximum absolute atomic E-state index is 12.2. The van der Waals surface area contributed by atoms with Gasteiger partial charge >= 0.3 is 6.18 Å². The number of alkyl halides is 3. The Balaban J connectivity index is 2.93. The Labute approximate surface area is 89.2 Å². The van der Waals surface area contributed by atoms with Gasteiger partial charge in [-0.1, -0.05) is 0 Å². The summed E-state index contributed by atoms with van der Waals surface area (Å²) in [6.45, 7) is 0.831. The Morgan fingerprint density at radius 2 is 2.19 bits per heavy atom. The lowest BCUT2D eigenvalue weighted by molar-refractivity contribution is -0.189. The molecule has 0 bridgehead atoms. The van der Waals surface area contributed by atoms with E-state index in [-0.39, 0.29) is 11.4 Å². The molecule has 0 saturated carbocycles. The second-order valence-corrected chi connectivity index (χ2v) is 3.02. The molecule has 2 N–H and O–H groups in total. The Kier molecular flexibility index (Phi) is 3.36. The normalized spacial score (nSPS) is 13.2. The molecule has 4 nitrogen and oxygen atoms in total. The van der Waals surface area contributed by atoms with Crippen molar-refractivity contribution in [3.8, 4) is 5.75 Å². The molecule has 7 heteroatoms. The number of hydrogen-bond donors (Lipinski definition) is 1. The van der Waals surface area contributed by atoms with Crippen LogP contribution in [0.1, 0.15) is 17.4 Å². The Morgan fingerprint density at radius 1 is 1.56 bits per heavy atom. The van der Waals surface area contributed by atoms with Crippen LogP contribution in [-0.4, -0.2) is 23.2 Å². The number of hydrogen-bond acceptors (Lipinski definition) is 3. The van der Waals surface area contributed by atoms with Crippen LogP contribution in [0.3, 0.4) is 0 Å². The molecule has 0 aliphatic rings. The molecule has 1 atom stereocenters. The summed E-state index contributed by atoms with van der Waals surface area (Å²) in [5.74, 6) is -1.22. The highest BCUT2D eigenvalue weighted by Gasteiger charge is 2.38. The van der Waals surface area contributed by atoms with Crippen LogP contribution in [-0.2, 0) is 0 Å². The smallest absolute Gasteiger partial charge is 0.425 e.